The van der Waals surface area contributed by atoms with Crippen LogP contribution < -0.4 is 4.74 Å². The monoisotopic (exact) mass is 248 g/mol. The van der Waals surface area contributed by atoms with Crippen LogP contribution in [-0.2, 0) is 17.8 Å². The standard InChI is InChI=1S/C12H12N2O4/c1-8-3-2-4-9(5-8)17-7-11-14-13-10(18-11)6-12(15)16/h2-5H,6-7H2,1H3,(H,15,16). The molecule has 6 heteroatoms. The van der Waals surface area contributed by atoms with Crippen LogP contribution in [0.3, 0.4) is 0 Å². The third-order valence-corrected chi connectivity index (χ3v) is 2.16. The molecule has 0 fully saturated rings. The van der Waals surface area contributed by atoms with E-state index in [1.54, 1.807) is 0 Å². The average Bonchev–Trinajstić information content (AvgIpc) is 2.73. The SMILES string of the molecule is Cc1cccc(OCc2nnc(CC(=O)O)o2)c1. The van der Waals surface area contributed by atoms with Crippen LogP contribution in [0.4, 0.5) is 0 Å². The normalized spacial score (nSPS) is 10.3. The summed E-state index contributed by atoms with van der Waals surface area (Å²) in [5.74, 6) is 0.0240. The Hall–Kier alpha value is -2.37. The summed E-state index contributed by atoms with van der Waals surface area (Å²) < 4.78 is 10.6. The maximum Gasteiger partial charge on any atom is 0.312 e. The molecule has 2 rings (SSSR count). The maximum absolute atomic E-state index is 10.4. The highest BCUT2D eigenvalue weighted by molar-refractivity contribution is 5.68. The van der Waals surface area contributed by atoms with Crippen molar-refractivity contribution in [3.8, 4) is 5.75 Å². The van der Waals surface area contributed by atoms with Crippen LogP contribution >= 0.6 is 0 Å². The topological polar surface area (TPSA) is 85.5 Å². The summed E-state index contributed by atoms with van der Waals surface area (Å²) >= 11 is 0. The second kappa shape index (κ2) is 5.31. The van der Waals surface area contributed by atoms with Crippen molar-refractivity contribution in [3.63, 3.8) is 0 Å². The first-order valence-electron chi connectivity index (χ1n) is 5.36. The third kappa shape index (κ3) is 3.31. The molecule has 0 unspecified atom stereocenters. The molecule has 0 spiro atoms. The van der Waals surface area contributed by atoms with Crippen LogP contribution in [0.1, 0.15) is 17.3 Å². The van der Waals surface area contributed by atoms with Crippen molar-refractivity contribution in [1.82, 2.24) is 10.2 Å². The number of hydrogen-bond acceptors (Lipinski definition) is 5. The molecule has 0 amide bonds. The minimum absolute atomic E-state index is 0.0744. The fourth-order valence-corrected chi connectivity index (χ4v) is 1.40. The lowest BCUT2D eigenvalue weighted by Crippen LogP contribution is -1.99. The molecule has 0 saturated heterocycles. The van der Waals surface area contributed by atoms with E-state index in [-0.39, 0.29) is 24.8 Å². The van der Waals surface area contributed by atoms with E-state index < -0.39 is 5.97 Å². The van der Waals surface area contributed by atoms with Crippen molar-refractivity contribution in [3.05, 3.63) is 41.6 Å². The van der Waals surface area contributed by atoms with Gasteiger partial charge in [-0.2, -0.15) is 0 Å². The Labute approximate surface area is 103 Å². The molecule has 1 aromatic heterocycles. The van der Waals surface area contributed by atoms with Gasteiger partial charge >= 0.3 is 5.97 Å². The quantitative estimate of drug-likeness (QED) is 0.864. The summed E-state index contributed by atoms with van der Waals surface area (Å²) in [5.41, 5.74) is 1.09. The zero-order chi connectivity index (χ0) is 13.0. The van der Waals surface area contributed by atoms with Gasteiger partial charge in [0.25, 0.3) is 5.89 Å². The first-order chi connectivity index (χ1) is 8.63. The molecule has 6 nitrogen and oxygen atoms in total. The zero-order valence-corrected chi connectivity index (χ0v) is 9.79. The molecule has 2 aromatic rings. The van der Waals surface area contributed by atoms with E-state index in [4.69, 9.17) is 14.3 Å². The predicted octanol–water partition coefficient (Wildman–Crippen LogP) is 1.58. The molecule has 0 radical (unpaired) electrons. The minimum atomic E-state index is -1.01. The Morgan fingerprint density at radius 2 is 2.17 bits per heavy atom. The van der Waals surface area contributed by atoms with Crippen molar-refractivity contribution < 1.29 is 19.1 Å². The molecular weight excluding hydrogens is 236 g/mol. The lowest BCUT2D eigenvalue weighted by molar-refractivity contribution is -0.136. The molecule has 0 atom stereocenters. The highest BCUT2D eigenvalue weighted by Gasteiger charge is 2.10. The molecular formula is C12H12N2O4. The van der Waals surface area contributed by atoms with Crippen LogP contribution in [0.25, 0.3) is 0 Å². The van der Waals surface area contributed by atoms with Crippen LogP contribution in [0.2, 0.25) is 0 Å². The van der Waals surface area contributed by atoms with Gasteiger partial charge in [0.2, 0.25) is 5.89 Å². The number of carboxylic acid groups (broad SMARTS) is 1. The van der Waals surface area contributed by atoms with E-state index in [9.17, 15) is 4.79 Å². The Morgan fingerprint density at radius 1 is 1.39 bits per heavy atom. The van der Waals surface area contributed by atoms with Gasteiger partial charge in [0.05, 0.1) is 0 Å². The van der Waals surface area contributed by atoms with E-state index in [1.165, 1.54) is 0 Å². The maximum atomic E-state index is 10.4. The van der Waals surface area contributed by atoms with E-state index in [0.29, 0.717) is 5.75 Å². The number of carboxylic acids is 1. The number of aromatic nitrogens is 2. The van der Waals surface area contributed by atoms with Gasteiger partial charge in [-0.1, -0.05) is 12.1 Å². The number of carbonyl (C=O) groups is 1. The molecule has 94 valence electrons. The molecule has 1 N–H and O–H groups in total. The van der Waals surface area contributed by atoms with Gasteiger partial charge in [-0.25, -0.2) is 0 Å². The largest absolute Gasteiger partial charge is 0.484 e. The smallest absolute Gasteiger partial charge is 0.312 e. The lowest BCUT2D eigenvalue weighted by Gasteiger charge is -2.03. The van der Waals surface area contributed by atoms with Gasteiger partial charge in [0, 0.05) is 0 Å². The number of hydrogen-bond donors (Lipinski definition) is 1. The fourth-order valence-electron chi connectivity index (χ4n) is 1.40. The average molecular weight is 248 g/mol. The van der Waals surface area contributed by atoms with E-state index in [0.717, 1.165) is 5.56 Å². The Bertz CT molecular complexity index is 551. The molecule has 0 aliphatic heterocycles. The highest BCUT2D eigenvalue weighted by atomic mass is 16.5. The first-order valence-corrected chi connectivity index (χ1v) is 5.36. The Balaban J connectivity index is 1.94. The summed E-state index contributed by atoms with van der Waals surface area (Å²) in [7, 11) is 0. The van der Waals surface area contributed by atoms with Gasteiger partial charge in [-0.3, -0.25) is 4.79 Å². The van der Waals surface area contributed by atoms with Gasteiger partial charge in [0.1, 0.15) is 12.2 Å². The van der Waals surface area contributed by atoms with Crippen molar-refractivity contribution in [2.45, 2.75) is 20.0 Å². The summed E-state index contributed by atoms with van der Waals surface area (Å²) in [6.07, 6.45) is -0.280. The first kappa shape index (κ1) is 12.1. The summed E-state index contributed by atoms with van der Waals surface area (Å²) in [6.45, 7) is 2.08. The van der Waals surface area contributed by atoms with Gasteiger partial charge < -0.3 is 14.3 Å². The molecule has 1 aromatic carbocycles. The number of aliphatic carboxylic acids is 1. The van der Waals surface area contributed by atoms with E-state index in [1.807, 2.05) is 31.2 Å². The second-order valence-electron chi connectivity index (χ2n) is 3.77. The summed E-state index contributed by atoms with van der Waals surface area (Å²) in [6, 6.07) is 7.55. The number of nitrogens with zero attached hydrogens (tertiary/aromatic N) is 2. The van der Waals surface area contributed by atoms with Crippen LogP contribution in [-0.4, -0.2) is 21.3 Å². The third-order valence-electron chi connectivity index (χ3n) is 2.16. The van der Waals surface area contributed by atoms with Crippen LogP contribution in [0, 0.1) is 6.92 Å². The van der Waals surface area contributed by atoms with Crippen LogP contribution in [0.5, 0.6) is 5.75 Å². The highest BCUT2D eigenvalue weighted by Crippen LogP contribution is 2.14. The minimum Gasteiger partial charge on any atom is -0.484 e. The molecule has 0 aliphatic rings. The number of aryl methyl sites for hydroxylation is 1. The number of ether oxygens (including phenoxy) is 1. The fraction of sp³-hybridized carbons (Fsp3) is 0.250. The molecule has 0 saturated carbocycles. The lowest BCUT2D eigenvalue weighted by atomic mass is 10.2. The van der Waals surface area contributed by atoms with Crippen molar-refractivity contribution in [2.75, 3.05) is 0 Å². The van der Waals surface area contributed by atoms with E-state index >= 15 is 0 Å². The summed E-state index contributed by atoms with van der Waals surface area (Å²) in [5, 5.41) is 15.9. The zero-order valence-electron chi connectivity index (χ0n) is 9.79. The molecule has 0 bridgehead atoms. The van der Waals surface area contributed by atoms with Crippen molar-refractivity contribution in [1.29, 1.82) is 0 Å². The van der Waals surface area contributed by atoms with Crippen molar-refractivity contribution in [2.24, 2.45) is 0 Å². The van der Waals surface area contributed by atoms with Gasteiger partial charge in [-0.15, -0.1) is 10.2 Å². The van der Waals surface area contributed by atoms with E-state index in [2.05, 4.69) is 10.2 Å². The van der Waals surface area contributed by atoms with Crippen molar-refractivity contribution >= 4 is 5.97 Å². The molecule has 18 heavy (non-hydrogen) atoms. The van der Waals surface area contributed by atoms with Gasteiger partial charge in [0.15, 0.2) is 6.61 Å². The number of rotatable bonds is 5. The molecule has 1 heterocycles. The second-order valence-corrected chi connectivity index (χ2v) is 3.77. The summed E-state index contributed by atoms with van der Waals surface area (Å²) in [4.78, 5) is 10.4. The Morgan fingerprint density at radius 3 is 2.89 bits per heavy atom. The number of benzene rings is 1. The van der Waals surface area contributed by atoms with Crippen LogP contribution in [0.15, 0.2) is 28.7 Å². The van der Waals surface area contributed by atoms with Gasteiger partial charge in [-0.05, 0) is 24.6 Å². The Kier molecular flexibility index (Phi) is 3.57. The predicted molar refractivity (Wildman–Crippen MR) is 61.1 cm³/mol. The molecule has 0 aliphatic carbocycles.